The molecule has 1 atom stereocenters. The van der Waals surface area contributed by atoms with Gasteiger partial charge in [-0.1, -0.05) is 38.1 Å². The molecule has 2 aliphatic carbocycles. The molecule has 0 bridgehead atoms. The number of piperidine rings is 1. The van der Waals surface area contributed by atoms with Crippen LogP contribution in [0.2, 0.25) is 0 Å². The first-order valence-electron chi connectivity index (χ1n) is 16.5. The Hall–Kier alpha value is -4.00. The van der Waals surface area contributed by atoms with Crippen molar-refractivity contribution in [3.05, 3.63) is 111 Å². The largest absolute Gasteiger partial charge is 0.481 e. The quantitative estimate of drug-likeness (QED) is 0.0888. The average molecular weight is 809 g/mol. The van der Waals surface area contributed by atoms with Crippen LogP contribution in [0.3, 0.4) is 0 Å². The van der Waals surface area contributed by atoms with E-state index in [1.54, 1.807) is 32.3 Å². The summed E-state index contributed by atoms with van der Waals surface area (Å²) in [4.78, 5) is 12.3. The van der Waals surface area contributed by atoms with E-state index in [0.717, 1.165) is 11.8 Å². The standard InChI is InChI=1S/C37H36F4N2O8S3/c1-36(2)25-14-21(42(4)5)9-11-23(25)29(30-31(38)33(40)35(34(41)32(30)39)52-18-28(44)45)24-13-20-7-6-12-43(37(20,3)16-26(24)36)17-19-8-10-22(53(46,47)48)15-27(19)54(49,50)51/h8-11,13-16H,6-7,12,17-18H2,1-5H3,(H,44,45)(H,46,47,48)(H,49,50,51). The molecular weight excluding hydrogens is 773 g/mol. The van der Waals surface area contributed by atoms with Crippen LogP contribution in [-0.2, 0) is 37.0 Å². The number of thioether (sulfide) groups is 1. The van der Waals surface area contributed by atoms with Crippen LogP contribution in [0.1, 0.15) is 55.9 Å². The highest BCUT2D eigenvalue weighted by Gasteiger charge is 2.47. The number of carboxylic acid groups (broad SMARTS) is 1. The molecule has 10 nitrogen and oxygen atoms in total. The maximum Gasteiger partial charge on any atom is 0.313 e. The van der Waals surface area contributed by atoms with Gasteiger partial charge in [0.1, 0.15) is 0 Å². The zero-order valence-electron chi connectivity index (χ0n) is 29.7. The van der Waals surface area contributed by atoms with E-state index in [4.69, 9.17) is 5.11 Å². The second kappa shape index (κ2) is 13.6. The third-order valence-electron chi connectivity index (χ3n) is 10.4. The molecule has 3 aromatic carbocycles. The van der Waals surface area contributed by atoms with Gasteiger partial charge in [0, 0.05) is 37.3 Å². The predicted molar refractivity (Wildman–Crippen MR) is 195 cm³/mol. The molecule has 0 spiro atoms. The summed E-state index contributed by atoms with van der Waals surface area (Å²) in [5.41, 5.74) is 0.274. The van der Waals surface area contributed by atoms with Crippen LogP contribution in [0.15, 0.2) is 80.0 Å². The smallest absolute Gasteiger partial charge is 0.313 e. The Kier molecular flexibility index (Phi) is 10.0. The highest BCUT2D eigenvalue weighted by atomic mass is 32.2. The molecular formula is C37H36F4N2O8S3. The number of anilines is 1. The van der Waals surface area contributed by atoms with Crippen LogP contribution < -0.4 is 4.90 Å². The van der Waals surface area contributed by atoms with Gasteiger partial charge in [0.05, 0.1) is 31.5 Å². The van der Waals surface area contributed by atoms with Gasteiger partial charge in [-0.05, 0) is 84.0 Å². The fraction of sp³-hybridized carbons (Fsp3) is 0.324. The minimum absolute atomic E-state index is 0.0348. The lowest BCUT2D eigenvalue weighted by Gasteiger charge is -2.50. The van der Waals surface area contributed by atoms with Crippen molar-refractivity contribution < 1.29 is 53.4 Å². The van der Waals surface area contributed by atoms with Crippen LogP contribution in [0, 0.1) is 23.3 Å². The fourth-order valence-corrected chi connectivity index (χ4v) is 9.62. The summed E-state index contributed by atoms with van der Waals surface area (Å²) in [6.07, 6.45) is 4.59. The van der Waals surface area contributed by atoms with Crippen molar-refractivity contribution in [3.63, 3.8) is 0 Å². The Bertz CT molecular complexity index is 2430. The second-order valence-electron chi connectivity index (χ2n) is 14.3. The molecule has 288 valence electrons. The van der Waals surface area contributed by atoms with Crippen molar-refractivity contribution in [1.29, 1.82) is 0 Å². The molecule has 0 saturated carbocycles. The number of nitrogens with zero attached hydrogens (tertiary/aromatic N) is 2. The van der Waals surface area contributed by atoms with E-state index < -0.39 is 86.4 Å². The molecule has 0 aromatic heterocycles. The highest BCUT2D eigenvalue weighted by molar-refractivity contribution is 8.00. The number of hydrogen-bond acceptors (Lipinski definition) is 8. The van der Waals surface area contributed by atoms with E-state index in [2.05, 4.69) is 0 Å². The number of carbonyl (C=O) groups is 1. The SMILES string of the molecule is CN(C)c1ccc2c(c1)C(C)(C)C1=CC3(C)C(=CC1=C2c1c(F)c(F)c(SCC(=O)O)c(F)c1F)CCCN3Cc1ccc(S(=O)(=O)O)cc1S(=O)(=O)O. The van der Waals surface area contributed by atoms with Gasteiger partial charge in [-0.2, -0.15) is 16.8 Å². The van der Waals surface area contributed by atoms with Crippen molar-refractivity contribution in [2.45, 2.75) is 65.8 Å². The third kappa shape index (κ3) is 6.68. The van der Waals surface area contributed by atoms with E-state index in [-0.39, 0.29) is 29.4 Å². The summed E-state index contributed by atoms with van der Waals surface area (Å²) >= 11 is 0.123. The number of benzene rings is 3. The van der Waals surface area contributed by atoms with Gasteiger partial charge in [0.15, 0.2) is 23.3 Å². The van der Waals surface area contributed by atoms with Gasteiger partial charge in [-0.15, -0.1) is 11.8 Å². The van der Waals surface area contributed by atoms with Gasteiger partial charge in [-0.3, -0.25) is 18.8 Å². The van der Waals surface area contributed by atoms with E-state index in [0.29, 0.717) is 53.3 Å². The molecule has 1 unspecified atom stereocenters. The first kappa shape index (κ1) is 39.7. The van der Waals surface area contributed by atoms with Crippen molar-refractivity contribution >= 4 is 49.2 Å². The van der Waals surface area contributed by atoms with E-state index in [9.17, 15) is 30.7 Å². The monoisotopic (exact) mass is 808 g/mol. The Labute approximate surface area is 314 Å². The normalized spacial score (nSPS) is 19.8. The number of halogens is 4. The molecule has 1 fully saturated rings. The maximum atomic E-state index is 16.3. The number of rotatable bonds is 9. The second-order valence-corrected chi connectivity index (χ2v) is 18.1. The van der Waals surface area contributed by atoms with Crippen LogP contribution in [0.5, 0.6) is 0 Å². The molecule has 3 N–H and O–H groups in total. The van der Waals surface area contributed by atoms with Gasteiger partial charge in [0.25, 0.3) is 20.2 Å². The lowest BCUT2D eigenvalue weighted by atomic mass is 9.61. The number of hydrogen-bond donors (Lipinski definition) is 3. The Morgan fingerprint density at radius 3 is 2.15 bits per heavy atom. The Morgan fingerprint density at radius 1 is 0.926 bits per heavy atom. The van der Waals surface area contributed by atoms with Crippen molar-refractivity contribution in [2.24, 2.45) is 0 Å². The number of carboxylic acids is 1. The zero-order chi connectivity index (χ0) is 39.9. The van der Waals surface area contributed by atoms with Gasteiger partial charge < -0.3 is 10.0 Å². The van der Waals surface area contributed by atoms with Crippen molar-refractivity contribution in [1.82, 2.24) is 4.90 Å². The molecule has 1 aliphatic heterocycles. The lowest BCUT2D eigenvalue weighted by molar-refractivity contribution is -0.133. The molecule has 1 saturated heterocycles. The summed E-state index contributed by atoms with van der Waals surface area (Å²) in [5.74, 6) is -9.10. The van der Waals surface area contributed by atoms with Gasteiger partial charge in [-0.25, -0.2) is 17.6 Å². The minimum atomic E-state index is -4.97. The third-order valence-corrected chi connectivity index (χ3v) is 13.2. The lowest BCUT2D eigenvalue weighted by Crippen LogP contribution is -2.51. The number of likely N-dealkylation sites (tertiary alicyclic amines) is 1. The topological polar surface area (TPSA) is 153 Å². The fourth-order valence-electron chi connectivity index (χ4n) is 7.60. The van der Waals surface area contributed by atoms with E-state index in [1.807, 2.05) is 42.7 Å². The molecule has 54 heavy (non-hydrogen) atoms. The molecule has 17 heteroatoms. The predicted octanol–water partition coefficient (Wildman–Crippen LogP) is 6.99. The molecule has 0 amide bonds. The summed E-state index contributed by atoms with van der Waals surface area (Å²) in [5, 5.41) is 9.06. The summed E-state index contributed by atoms with van der Waals surface area (Å²) in [6, 6.07) is 8.05. The summed E-state index contributed by atoms with van der Waals surface area (Å²) < 4.78 is 132. The van der Waals surface area contributed by atoms with Crippen molar-refractivity contribution in [3.8, 4) is 0 Å². The Morgan fingerprint density at radius 2 is 1.57 bits per heavy atom. The minimum Gasteiger partial charge on any atom is -0.481 e. The maximum absolute atomic E-state index is 16.3. The molecule has 1 heterocycles. The molecule has 3 aliphatic rings. The van der Waals surface area contributed by atoms with Crippen LogP contribution in [0.25, 0.3) is 5.57 Å². The van der Waals surface area contributed by atoms with Crippen LogP contribution >= 0.6 is 11.8 Å². The highest BCUT2D eigenvalue weighted by Crippen LogP contribution is 2.55. The van der Waals surface area contributed by atoms with Gasteiger partial charge in [0.2, 0.25) is 0 Å². The first-order valence-corrected chi connectivity index (χ1v) is 20.4. The average Bonchev–Trinajstić information content (AvgIpc) is 3.07. The van der Waals surface area contributed by atoms with Crippen LogP contribution in [-0.4, -0.2) is 73.8 Å². The number of fused-ring (bicyclic) bond motifs is 3. The van der Waals surface area contributed by atoms with E-state index in [1.165, 1.54) is 6.07 Å². The molecule has 3 aromatic rings. The summed E-state index contributed by atoms with van der Waals surface area (Å²) in [7, 11) is -6.18. The first-order chi connectivity index (χ1) is 25.0. The molecule has 6 rings (SSSR count). The van der Waals surface area contributed by atoms with Crippen LogP contribution in [0.4, 0.5) is 23.2 Å². The Balaban J connectivity index is 1.60. The van der Waals surface area contributed by atoms with E-state index >= 15 is 17.6 Å². The van der Waals surface area contributed by atoms with Crippen molar-refractivity contribution in [2.75, 3.05) is 31.3 Å². The zero-order valence-corrected chi connectivity index (χ0v) is 32.1. The van der Waals surface area contributed by atoms with Gasteiger partial charge >= 0.3 is 5.97 Å². The number of allylic oxidation sites excluding steroid dienone is 3. The number of aliphatic carboxylic acids is 1. The summed E-state index contributed by atoms with van der Waals surface area (Å²) in [6.45, 7) is 5.92. The molecule has 0 radical (unpaired) electrons.